The second-order valence-electron chi connectivity index (χ2n) is 7.09. The zero-order chi connectivity index (χ0) is 23.9. The Morgan fingerprint density at radius 3 is 2.50 bits per heavy atom. The van der Waals surface area contributed by atoms with Crippen LogP contribution < -0.4 is 5.43 Å². The molecule has 0 saturated heterocycles. The maximum absolute atomic E-state index is 12.2. The number of nitro benzene ring substituents is 1. The van der Waals surface area contributed by atoms with Crippen molar-refractivity contribution in [2.75, 3.05) is 5.75 Å². The van der Waals surface area contributed by atoms with Gasteiger partial charge in [-0.2, -0.15) is 5.10 Å². The SMILES string of the molecule is CC(=NNC(=O)CSc1nnc(SCc2cccc3ccccc23)s1)c1ccc([N+](=O)[O-])cc1. The molecule has 11 heteroatoms. The van der Waals surface area contributed by atoms with Gasteiger partial charge in [0.05, 0.1) is 16.4 Å². The number of amides is 1. The van der Waals surface area contributed by atoms with E-state index in [1.54, 1.807) is 30.8 Å². The van der Waals surface area contributed by atoms with Gasteiger partial charge in [-0.05, 0) is 41.0 Å². The first-order chi connectivity index (χ1) is 16.5. The monoisotopic (exact) mass is 509 g/mol. The van der Waals surface area contributed by atoms with Crippen molar-refractivity contribution in [3.8, 4) is 0 Å². The van der Waals surface area contributed by atoms with Crippen molar-refractivity contribution in [2.24, 2.45) is 5.10 Å². The average Bonchev–Trinajstić information content (AvgIpc) is 3.32. The molecule has 4 aromatic rings. The van der Waals surface area contributed by atoms with Crippen molar-refractivity contribution in [3.05, 3.63) is 88.0 Å². The number of hydrogen-bond acceptors (Lipinski definition) is 9. The zero-order valence-corrected chi connectivity index (χ0v) is 20.5. The Morgan fingerprint density at radius 1 is 1.03 bits per heavy atom. The van der Waals surface area contributed by atoms with Gasteiger partial charge in [-0.3, -0.25) is 14.9 Å². The lowest BCUT2D eigenvalue weighted by Gasteiger charge is -2.04. The highest BCUT2D eigenvalue weighted by molar-refractivity contribution is 8.03. The summed E-state index contributed by atoms with van der Waals surface area (Å²) >= 11 is 4.38. The van der Waals surface area contributed by atoms with Crippen LogP contribution in [0.3, 0.4) is 0 Å². The molecule has 0 saturated carbocycles. The third-order valence-electron chi connectivity index (χ3n) is 4.79. The highest BCUT2D eigenvalue weighted by atomic mass is 32.2. The van der Waals surface area contributed by atoms with Gasteiger partial charge in [0, 0.05) is 17.9 Å². The molecule has 1 amide bonds. The standard InChI is InChI=1S/C23H19N5O3S3/c1-15(16-9-11-19(12-10-16)28(30)31)24-25-21(29)14-33-23-27-26-22(34-23)32-13-18-7-4-6-17-5-2-3-8-20(17)18/h2-12H,13-14H2,1H3,(H,25,29). The summed E-state index contributed by atoms with van der Waals surface area (Å²) in [6, 6.07) is 20.6. The number of benzene rings is 3. The summed E-state index contributed by atoms with van der Waals surface area (Å²) in [6.07, 6.45) is 0. The van der Waals surface area contributed by atoms with E-state index >= 15 is 0 Å². The van der Waals surface area contributed by atoms with Crippen LogP contribution >= 0.6 is 34.9 Å². The third kappa shape index (κ3) is 6.19. The number of non-ortho nitro benzene ring substituents is 1. The Labute approximate surface area is 208 Å². The van der Waals surface area contributed by atoms with Crippen LogP contribution in [0.25, 0.3) is 10.8 Å². The van der Waals surface area contributed by atoms with Crippen molar-refractivity contribution in [3.63, 3.8) is 0 Å². The maximum Gasteiger partial charge on any atom is 0.269 e. The second kappa shape index (κ2) is 11.2. The maximum atomic E-state index is 12.2. The molecule has 3 aromatic carbocycles. The van der Waals surface area contributed by atoms with Gasteiger partial charge >= 0.3 is 0 Å². The quantitative estimate of drug-likeness (QED) is 0.137. The van der Waals surface area contributed by atoms with Gasteiger partial charge in [-0.25, -0.2) is 5.43 Å². The number of aromatic nitrogens is 2. The van der Waals surface area contributed by atoms with E-state index in [9.17, 15) is 14.9 Å². The van der Waals surface area contributed by atoms with Crippen LogP contribution in [0.5, 0.6) is 0 Å². The van der Waals surface area contributed by atoms with E-state index in [0.29, 0.717) is 15.6 Å². The summed E-state index contributed by atoms with van der Waals surface area (Å²) in [7, 11) is 0. The number of hydrazone groups is 1. The Kier molecular flexibility index (Phi) is 7.88. The lowest BCUT2D eigenvalue weighted by molar-refractivity contribution is -0.384. The summed E-state index contributed by atoms with van der Waals surface area (Å²) in [5.74, 6) is 0.670. The summed E-state index contributed by atoms with van der Waals surface area (Å²) in [6.45, 7) is 1.72. The van der Waals surface area contributed by atoms with Crippen LogP contribution in [0.15, 0.2) is 80.5 Å². The Bertz CT molecular complexity index is 1350. The fourth-order valence-electron chi connectivity index (χ4n) is 3.07. The van der Waals surface area contributed by atoms with Crippen molar-refractivity contribution in [2.45, 2.75) is 21.4 Å². The molecule has 0 bridgehead atoms. The van der Waals surface area contributed by atoms with E-state index in [4.69, 9.17) is 0 Å². The predicted octanol–water partition coefficient (Wildman–Crippen LogP) is 5.52. The molecule has 0 fully saturated rings. The molecule has 1 N–H and O–H groups in total. The summed E-state index contributed by atoms with van der Waals surface area (Å²) in [4.78, 5) is 22.4. The summed E-state index contributed by atoms with van der Waals surface area (Å²) in [5.41, 5.74) is 4.99. The third-order valence-corrected chi connectivity index (χ3v) is 8.03. The minimum Gasteiger partial charge on any atom is -0.272 e. The number of rotatable bonds is 9. The number of thioether (sulfide) groups is 2. The first kappa shape index (κ1) is 23.9. The van der Waals surface area contributed by atoms with Crippen molar-refractivity contribution in [1.29, 1.82) is 0 Å². The Balaban J connectivity index is 1.26. The van der Waals surface area contributed by atoms with E-state index in [2.05, 4.69) is 51.1 Å². The molecule has 1 heterocycles. The van der Waals surface area contributed by atoms with Crippen LogP contribution in [0, 0.1) is 10.1 Å². The number of nitrogens with one attached hydrogen (secondary N) is 1. The first-order valence-corrected chi connectivity index (χ1v) is 12.9. The molecular weight excluding hydrogens is 490 g/mol. The van der Waals surface area contributed by atoms with Crippen LogP contribution in [0.1, 0.15) is 18.1 Å². The number of hydrogen-bond donors (Lipinski definition) is 1. The molecule has 0 radical (unpaired) electrons. The van der Waals surface area contributed by atoms with E-state index in [1.807, 2.05) is 12.1 Å². The van der Waals surface area contributed by atoms with E-state index < -0.39 is 4.92 Å². The molecule has 172 valence electrons. The molecule has 1 aromatic heterocycles. The molecule has 8 nitrogen and oxygen atoms in total. The summed E-state index contributed by atoms with van der Waals surface area (Å²) in [5, 5.41) is 25.7. The Hall–Kier alpha value is -3.28. The van der Waals surface area contributed by atoms with Crippen molar-refractivity contribution < 1.29 is 9.72 Å². The van der Waals surface area contributed by atoms with Gasteiger partial charge < -0.3 is 0 Å². The van der Waals surface area contributed by atoms with Crippen molar-refractivity contribution in [1.82, 2.24) is 15.6 Å². The van der Waals surface area contributed by atoms with E-state index in [0.717, 1.165) is 10.1 Å². The van der Waals surface area contributed by atoms with Crippen molar-refractivity contribution >= 4 is 62.9 Å². The number of nitro groups is 1. The lowest BCUT2D eigenvalue weighted by atomic mass is 10.1. The topological polar surface area (TPSA) is 110 Å². The smallest absolute Gasteiger partial charge is 0.269 e. The number of fused-ring (bicyclic) bond motifs is 1. The van der Waals surface area contributed by atoms with Gasteiger partial charge in [0.2, 0.25) is 0 Å². The van der Waals surface area contributed by atoms with Gasteiger partial charge in [0.25, 0.3) is 11.6 Å². The molecule has 0 spiro atoms. The minimum absolute atomic E-state index is 0.00342. The first-order valence-electron chi connectivity index (χ1n) is 10.1. The predicted molar refractivity (Wildman–Crippen MR) is 138 cm³/mol. The molecule has 0 aliphatic heterocycles. The zero-order valence-electron chi connectivity index (χ0n) is 18.0. The molecule has 0 aliphatic carbocycles. The fraction of sp³-hybridized carbons (Fsp3) is 0.130. The lowest BCUT2D eigenvalue weighted by Crippen LogP contribution is -2.21. The number of carbonyl (C=O) groups excluding carboxylic acids is 1. The van der Waals surface area contributed by atoms with E-state index in [-0.39, 0.29) is 17.3 Å². The minimum atomic E-state index is -0.462. The second-order valence-corrected chi connectivity index (χ2v) is 10.5. The molecule has 0 aliphatic rings. The van der Waals surface area contributed by atoms with Crippen LogP contribution in [0.2, 0.25) is 0 Å². The average molecular weight is 510 g/mol. The highest BCUT2D eigenvalue weighted by Gasteiger charge is 2.10. The number of carbonyl (C=O) groups is 1. The highest BCUT2D eigenvalue weighted by Crippen LogP contribution is 2.32. The van der Waals surface area contributed by atoms with Gasteiger partial charge in [0.15, 0.2) is 8.68 Å². The van der Waals surface area contributed by atoms with Crippen LogP contribution in [0.4, 0.5) is 5.69 Å². The molecule has 4 rings (SSSR count). The van der Waals surface area contributed by atoms with Gasteiger partial charge in [-0.15, -0.1) is 10.2 Å². The van der Waals surface area contributed by atoms with Gasteiger partial charge in [-0.1, -0.05) is 77.3 Å². The molecule has 0 unspecified atom stereocenters. The van der Waals surface area contributed by atoms with E-state index in [1.165, 1.54) is 51.6 Å². The summed E-state index contributed by atoms with van der Waals surface area (Å²) < 4.78 is 1.56. The molecule has 34 heavy (non-hydrogen) atoms. The molecule has 0 atom stereocenters. The fourth-order valence-corrected chi connectivity index (χ4v) is 5.88. The number of nitrogens with zero attached hydrogens (tertiary/aromatic N) is 4. The van der Waals surface area contributed by atoms with Gasteiger partial charge in [0.1, 0.15) is 0 Å². The van der Waals surface area contributed by atoms with Crippen LogP contribution in [-0.2, 0) is 10.5 Å². The largest absolute Gasteiger partial charge is 0.272 e. The van der Waals surface area contributed by atoms with Crippen LogP contribution in [-0.4, -0.2) is 32.5 Å². The molecular formula is C23H19N5O3S3. The normalized spacial score (nSPS) is 11.5. The Morgan fingerprint density at radius 2 is 1.74 bits per heavy atom.